The van der Waals surface area contributed by atoms with Gasteiger partial charge in [0.2, 0.25) is 10.0 Å². The summed E-state index contributed by atoms with van der Waals surface area (Å²) in [7, 11) is -2.99. The third-order valence-corrected chi connectivity index (χ3v) is 6.69. The van der Waals surface area contributed by atoms with Gasteiger partial charge in [0, 0.05) is 32.7 Å². The lowest BCUT2D eigenvalue weighted by molar-refractivity contribution is 0.181. The molecule has 1 saturated carbocycles. The van der Waals surface area contributed by atoms with Crippen LogP contribution in [0.2, 0.25) is 0 Å². The molecule has 1 saturated heterocycles. The van der Waals surface area contributed by atoms with E-state index >= 15 is 0 Å². The second-order valence-electron chi connectivity index (χ2n) is 5.85. The molecule has 20 heavy (non-hydrogen) atoms. The van der Waals surface area contributed by atoms with Crippen LogP contribution in [-0.4, -0.2) is 49.1 Å². The minimum atomic E-state index is -2.99. The predicted molar refractivity (Wildman–Crippen MR) is 80.0 cm³/mol. The number of rotatable bonds is 4. The van der Waals surface area contributed by atoms with E-state index in [1.165, 1.54) is 11.1 Å². The highest BCUT2D eigenvalue weighted by Crippen LogP contribution is 2.31. The van der Waals surface area contributed by atoms with Crippen LogP contribution in [0.1, 0.15) is 24.0 Å². The molecule has 110 valence electrons. The molecule has 0 bridgehead atoms. The van der Waals surface area contributed by atoms with Crippen molar-refractivity contribution in [3.05, 3.63) is 35.4 Å². The Bertz CT molecular complexity index is 573. The summed E-state index contributed by atoms with van der Waals surface area (Å²) < 4.78 is 26.0. The van der Waals surface area contributed by atoms with Crippen molar-refractivity contribution in [3.8, 4) is 0 Å². The fourth-order valence-electron chi connectivity index (χ4n) is 2.75. The van der Waals surface area contributed by atoms with E-state index in [1.54, 1.807) is 4.31 Å². The van der Waals surface area contributed by atoms with Crippen LogP contribution in [0, 0.1) is 6.92 Å². The first-order chi connectivity index (χ1) is 9.57. The summed E-state index contributed by atoms with van der Waals surface area (Å²) in [5, 5.41) is -0.0783. The van der Waals surface area contributed by atoms with Crippen LogP contribution in [0.3, 0.4) is 0 Å². The summed E-state index contributed by atoms with van der Waals surface area (Å²) in [4.78, 5) is 2.35. The van der Waals surface area contributed by atoms with E-state index in [1.807, 2.05) is 0 Å². The van der Waals surface area contributed by atoms with Crippen LogP contribution >= 0.6 is 0 Å². The van der Waals surface area contributed by atoms with Gasteiger partial charge in [0.05, 0.1) is 5.25 Å². The maximum atomic E-state index is 12.2. The number of sulfonamides is 1. The minimum Gasteiger partial charge on any atom is -0.296 e. The highest BCUT2D eigenvalue weighted by molar-refractivity contribution is 7.90. The third-order valence-electron chi connectivity index (χ3n) is 4.29. The van der Waals surface area contributed by atoms with Crippen LogP contribution in [-0.2, 0) is 16.6 Å². The summed E-state index contributed by atoms with van der Waals surface area (Å²) in [6.45, 7) is 6.00. The van der Waals surface area contributed by atoms with Crippen LogP contribution in [0.25, 0.3) is 0 Å². The molecule has 0 radical (unpaired) electrons. The van der Waals surface area contributed by atoms with Gasteiger partial charge in [-0.05, 0) is 30.9 Å². The monoisotopic (exact) mass is 294 g/mol. The number of piperazine rings is 1. The molecular weight excluding hydrogens is 272 g/mol. The van der Waals surface area contributed by atoms with Gasteiger partial charge < -0.3 is 0 Å². The molecule has 4 nitrogen and oxygen atoms in total. The highest BCUT2D eigenvalue weighted by Gasteiger charge is 2.40. The van der Waals surface area contributed by atoms with Crippen molar-refractivity contribution < 1.29 is 8.42 Å². The molecular formula is C15H22N2O2S. The van der Waals surface area contributed by atoms with Crippen LogP contribution < -0.4 is 0 Å². The molecule has 2 aliphatic rings. The largest absolute Gasteiger partial charge is 0.296 e. The first-order valence-corrected chi connectivity index (χ1v) is 8.83. The lowest BCUT2D eigenvalue weighted by Crippen LogP contribution is -2.49. The Morgan fingerprint density at radius 3 is 2.35 bits per heavy atom. The molecule has 5 heteroatoms. The van der Waals surface area contributed by atoms with Crippen molar-refractivity contribution >= 4 is 10.0 Å². The zero-order chi connectivity index (χ0) is 14.2. The molecule has 0 amide bonds. The van der Waals surface area contributed by atoms with Crippen LogP contribution in [0.15, 0.2) is 24.3 Å². The molecule has 0 atom stereocenters. The smallest absolute Gasteiger partial charge is 0.217 e. The van der Waals surface area contributed by atoms with E-state index < -0.39 is 10.0 Å². The summed E-state index contributed by atoms with van der Waals surface area (Å²) in [6, 6.07) is 8.40. The topological polar surface area (TPSA) is 40.6 Å². The molecule has 1 aliphatic carbocycles. The SMILES string of the molecule is Cc1ccccc1CN1CCN(S(=O)(=O)C2CC2)CC1. The van der Waals surface area contributed by atoms with Gasteiger partial charge in [-0.1, -0.05) is 24.3 Å². The number of hydrogen-bond acceptors (Lipinski definition) is 3. The van der Waals surface area contributed by atoms with E-state index in [9.17, 15) is 8.42 Å². The standard InChI is InChI=1S/C15H22N2O2S/c1-13-4-2-3-5-14(13)12-16-8-10-17(11-9-16)20(18,19)15-6-7-15/h2-5,15H,6-12H2,1H3. The molecule has 0 spiro atoms. The van der Waals surface area contributed by atoms with E-state index in [0.717, 1.165) is 32.5 Å². The molecule has 0 N–H and O–H groups in total. The third kappa shape index (κ3) is 2.90. The molecule has 1 aliphatic heterocycles. The molecule has 1 heterocycles. The average Bonchev–Trinajstić information content (AvgIpc) is 3.27. The van der Waals surface area contributed by atoms with Gasteiger partial charge in [-0.25, -0.2) is 8.42 Å². The quantitative estimate of drug-likeness (QED) is 0.847. The number of aryl methyl sites for hydroxylation is 1. The molecule has 3 rings (SSSR count). The number of benzene rings is 1. The number of nitrogens with zero attached hydrogens (tertiary/aromatic N) is 2. The lowest BCUT2D eigenvalue weighted by atomic mass is 10.1. The molecule has 0 unspecified atom stereocenters. The van der Waals surface area contributed by atoms with Crippen LogP contribution in [0.5, 0.6) is 0 Å². The van der Waals surface area contributed by atoms with Gasteiger partial charge in [-0.2, -0.15) is 4.31 Å². The van der Waals surface area contributed by atoms with Crippen molar-refractivity contribution in [2.75, 3.05) is 26.2 Å². The Labute approximate surface area is 121 Å². The zero-order valence-electron chi connectivity index (χ0n) is 12.0. The first-order valence-electron chi connectivity index (χ1n) is 7.33. The Kier molecular flexibility index (Phi) is 3.84. The highest BCUT2D eigenvalue weighted by atomic mass is 32.2. The number of hydrogen-bond donors (Lipinski definition) is 0. The Morgan fingerprint density at radius 2 is 1.75 bits per heavy atom. The van der Waals surface area contributed by atoms with Gasteiger partial charge in [0.15, 0.2) is 0 Å². The minimum absolute atomic E-state index is 0.0783. The zero-order valence-corrected chi connectivity index (χ0v) is 12.8. The Hall–Kier alpha value is -0.910. The summed E-state index contributed by atoms with van der Waals surface area (Å²) in [6.07, 6.45) is 1.71. The van der Waals surface area contributed by atoms with Crippen molar-refractivity contribution in [1.29, 1.82) is 0 Å². The second kappa shape index (κ2) is 5.47. The van der Waals surface area contributed by atoms with E-state index in [4.69, 9.17) is 0 Å². The molecule has 2 fully saturated rings. The maximum Gasteiger partial charge on any atom is 0.217 e. The average molecular weight is 294 g/mol. The van der Waals surface area contributed by atoms with E-state index in [0.29, 0.717) is 13.1 Å². The lowest BCUT2D eigenvalue weighted by Gasteiger charge is -2.34. The molecule has 1 aromatic rings. The maximum absolute atomic E-state index is 12.2. The van der Waals surface area contributed by atoms with Gasteiger partial charge >= 0.3 is 0 Å². The Morgan fingerprint density at radius 1 is 1.10 bits per heavy atom. The Balaban J connectivity index is 1.58. The van der Waals surface area contributed by atoms with Crippen LogP contribution in [0.4, 0.5) is 0 Å². The van der Waals surface area contributed by atoms with Crippen molar-refractivity contribution in [3.63, 3.8) is 0 Å². The van der Waals surface area contributed by atoms with Crippen molar-refractivity contribution in [2.45, 2.75) is 31.6 Å². The fraction of sp³-hybridized carbons (Fsp3) is 0.600. The van der Waals surface area contributed by atoms with E-state index in [2.05, 4.69) is 36.1 Å². The predicted octanol–water partition coefficient (Wildman–Crippen LogP) is 1.60. The normalized spacial score (nSPS) is 22.1. The van der Waals surface area contributed by atoms with Gasteiger partial charge in [0.25, 0.3) is 0 Å². The summed E-state index contributed by atoms with van der Waals surface area (Å²) in [5.41, 5.74) is 2.64. The van der Waals surface area contributed by atoms with Crippen molar-refractivity contribution in [1.82, 2.24) is 9.21 Å². The summed E-state index contributed by atoms with van der Waals surface area (Å²) in [5.74, 6) is 0. The van der Waals surface area contributed by atoms with E-state index in [-0.39, 0.29) is 5.25 Å². The first kappa shape index (κ1) is 14.0. The van der Waals surface area contributed by atoms with Gasteiger partial charge in [-0.15, -0.1) is 0 Å². The van der Waals surface area contributed by atoms with Gasteiger partial charge in [-0.3, -0.25) is 4.90 Å². The summed E-state index contributed by atoms with van der Waals surface area (Å²) >= 11 is 0. The molecule has 1 aromatic carbocycles. The van der Waals surface area contributed by atoms with Gasteiger partial charge in [0.1, 0.15) is 0 Å². The molecule has 0 aromatic heterocycles. The van der Waals surface area contributed by atoms with Crippen molar-refractivity contribution in [2.24, 2.45) is 0 Å². The fourth-order valence-corrected chi connectivity index (χ4v) is 4.57. The second-order valence-corrected chi connectivity index (χ2v) is 8.06.